The summed E-state index contributed by atoms with van der Waals surface area (Å²) in [5, 5.41) is 11.3. The van der Waals surface area contributed by atoms with Gasteiger partial charge < -0.3 is 9.47 Å². The van der Waals surface area contributed by atoms with Gasteiger partial charge in [0, 0.05) is 0 Å². The second kappa shape index (κ2) is 8.78. The molecule has 0 spiro atoms. The first kappa shape index (κ1) is 20.9. The van der Waals surface area contributed by atoms with Crippen LogP contribution in [0.1, 0.15) is 24.5 Å². The van der Waals surface area contributed by atoms with E-state index in [1.165, 1.54) is 10.8 Å². The van der Waals surface area contributed by atoms with E-state index in [-0.39, 0.29) is 6.61 Å². The molecule has 0 saturated heterocycles. The summed E-state index contributed by atoms with van der Waals surface area (Å²) in [6.45, 7) is 2.43. The Hall–Kier alpha value is -3.38. The van der Waals surface area contributed by atoms with Crippen molar-refractivity contribution in [2.45, 2.75) is 26.4 Å². The van der Waals surface area contributed by atoms with Crippen molar-refractivity contribution >= 4 is 22.6 Å². The van der Waals surface area contributed by atoms with E-state index in [0.717, 1.165) is 16.9 Å². The van der Waals surface area contributed by atoms with E-state index in [1.54, 1.807) is 12.4 Å². The van der Waals surface area contributed by atoms with Crippen LogP contribution in [0.2, 0.25) is 0 Å². The highest BCUT2D eigenvalue weighted by Gasteiger charge is 2.64. The Balaban J connectivity index is 1.41. The lowest BCUT2D eigenvalue weighted by atomic mass is 9.93. The Labute approximate surface area is 180 Å². The minimum absolute atomic E-state index is 0.246. The van der Waals surface area contributed by atoms with Gasteiger partial charge in [0.15, 0.2) is 0 Å². The number of ether oxygens (including phenoxy) is 2. The molecule has 1 fully saturated rings. The highest BCUT2D eigenvalue weighted by Crippen LogP contribution is 2.55. The van der Waals surface area contributed by atoms with Gasteiger partial charge in [-0.05, 0) is 59.9 Å². The number of hydrogen-bond donors (Lipinski definition) is 2. The standard InChI is InChI=1S/C25H25NO5/c1-2-30-24(28)25(15-22(25)23(27)26-29)14-17-8-11-21(12-9-17)31-16-18-7-10-19-5-3-4-6-20(19)13-18/h3-13,22,29H,2,14-16H2,1H3,(H,26,27). The van der Waals surface area contributed by atoms with Crippen LogP contribution >= 0.6 is 0 Å². The lowest BCUT2D eigenvalue weighted by molar-refractivity contribution is -0.152. The maximum Gasteiger partial charge on any atom is 0.313 e. The van der Waals surface area contributed by atoms with Gasteiger partial charge in [0.2, 0.25) is 5.91 Å². The van der Waals surface area contributed by atoms with E-state index in [0.29, 0.717) is 19.4 Å². The van der Waals surface area contributed by atoms with Gasteiger partial charge in [0.25, 0.3) is 0 Å². The molecule has 0 aliphatic heterocycles. The molecule has 6 nitrogen and oxygen atoms in total. The van der Waals surface area contributed by atoms with Gasteiger partial charge in [-0.1, -0.05) is 48.5 Å². The second-order valence-electron chi connectivity index (χ2n) is 7.90. The Kier molecular flexibility index (Phi) is 5.91. The number of fused-ring (bicyclic) bond motifs is 1. The summed E-state index contributed by atoms with van der Waals surface area (Å²) in [4.78, 5) is 24.3. The van der Waals surface area contributed by atoms with Crippen molar-refractivity contribution in [2.75, 3.05) is 6.61 Å². The summed E-state index contributed by atoms with van der Waals surface area (Å²) in [7, 11) is 0. The number of rotatable bonds is 8. The van der Waals surface area contributed by atoms with Crippen molar-refractivity contribution in [2.24, 2.45) is 11.3 Å². The first-order valence-electron chi connectivity index (χ1n) is 10.4. The molecule has 1 aliphatic carbocycles. The van der Waals surface area contributed by atoms with Crippen LogP contribution in [0.15, 0.2) is 66.7 Å². The van der Waals surface area contributed by atoms with Gasteiger partial charge in [-0.25, -0.2) is 5.48 Å². The molecular weight excluding hydrogens is 394 g/mol. The zero-order chi connectivity index (χ0) is 21.8. The van der Waals surface area contributed by atoms with Crippen molar-refractivity contribution < 1.29 is 24.3 Å². The van der Waals surface area contributed by atoms with E-state index in [4.69, 9.17) is 14.7 Å². The van der Waals surface area contributed by atoms with Crippen LogP contribution in [0, 0.1) is 11.3 Å². The summed E-state index contributed by atoms with van der Waals surface area (Å²) in [5.74, 6) is -0.813. The Morgan fingerprint density at radius 1 is 1.03 bits per heavy atom. The molecule has 1 aliphatic rings. The number of carbonyl (C=O) groups is 2. The second-order valence-corrected chi connectivity index (χ2v) is 7.90. The van der Waals surface area contributed by atoms with Gasteiger partial charge in [-0.15, -0.1) is 0 Å². The van der Waals surface area contributed by atoms with Crippen LogP contribution in [0.4, 0.5) is 0 Å². The van der Waals surface area contributed by atoms with Crippen LogP contribution in [-0.2, 0) is 27.4 Å². The van der Waals surface area contributed by atoms with Gasteiger partial charge in [-0.3, -0.25) is 14.8 Å². The van der Waals surface area contributed by atoms with Gasteiger partial charge >= 0.3 is 5.97 Å². The minimum Gasteiger partial charge on any atom is -0.489 e. The molecule has 0 heterocycles. The number of esters is 1. The average molecular weight is 419 g/mol. The minimum atomic E-state index is -0.920. The Morgan fingerprint density at radius 2 is 1.74 bits per heavy atom. The number of amides is 1. The van der Waals surface area contributed by atoms with Crippen molar-refractivity contribution in [1.82, 2.24) is 5.48 Å². The smallest absolute Gasteiger partial charge is 0.313 e. The van der Waals surface area contributed by atoms with Crippen molar-refractivity contribution in [3.63, 3.8) is 0 Å². The van der Waals surface area contributed by atoms with E-state index in [9.17, 15) is 9.59 Å². The number of benzene rings is 3. The highest BCUT2D eigenvalue weighted by molar-refractivity contribution is 5.93. The molecule has 31 heavy (non-hydrogen) atoms. The summed E-state index contributed by atoms with van der Waals surface area (Å²) in [6, 6.07) is 22.0. The molecule has 6 heteroatoms. The fraction of sp³-hybridized carbons (Fsp3) is 0.280. The predicted octanol–water partition coefficient (Wildman–Crippen LogP) is 4.04. The third-order valence-corrected chi connectivity index (χ3v) is 5.85. The van der Waals surface area contributed by atoms with E-state index >= 15 is 0 Å². The molecule has 3 aromatic rings. The summed E-state index contributed by atoms with van der Waals surface area (Å²) in [5.41, 5.74) is 2.72. The zero-order valence-electron chi connectivity index (χ0n) is 17.3. The lowest BCUT2D eigenvalue weighted by Gasteiger charge is -2.16. The molecule has 0 radical (unpaired) electrons. The highest BCUT2D eigenvalue weighted by atomic mass is 16.5. The van der Waals surface area contributed by atoms with Crippen LogP contribution in [0.25, 0.3) is 10.8 Å². The molecule has 0 aromatic heterocycles. The van der Waals surface area contributed by atoms with Crippen molar-refractivity contribution in [1.29, 1.82) is 0 Å². The Morgan fingerprint density at radius 3 is 2.45 bits per heavy atom. The molecule has 4 rings (SSSR count). The summed E-state index contributed by atoms with van der Waals surface area (Å²) in [6.07, 6.45) is 0.729. The van der Waals surface area contributed by atoms with Gasteiger partial charge in [0.05, 0.1) is 17.9 Å². The molecule has 1 amide bonds. The summed E-state index contributed by atoms with van der Waals surface area (Å²) >= 11 is 0. The van der Waals surface area contributed by atoms with Gasteiger partial charge in [-0.2, -0.15) is 0 Å². The zero-order valence-corrected chi connectivity index (χ0v) is 17.3. The Bertz CT molecular complexity index is 1090. The molecule has 2 atom stereocenters. The van der Waals surface area contributed by atoms with Crippen LogP contribution in [0.5, 0.6) is 5.75 Å². The fourth-order valence-corrected chi connectivity index (χ4v) is 4.06. The third kappa shape index (κ3) is 4.39. The van der Waals surface area contributed by atoms with Crippen LogP contribution in [0.3, 0.4) is 0 Å². The number of hydrogen-bond acceptors (Lipinski definition) is 5. The molecule has 160 valence electrons. The third-order valence-electron chi connectivity index (χ3n) is 5.85. The molecular formula is C25H25NO5. The number of hydroxylamine groups is 1. The summed E-state index contributed by atoms with van der Waals surface area (Å²) < 4.78 is 11.1. The van der Waals surface area contributed by atoms with Crippen molar-refractivity contribution in [3.05, 3.63) is 77.9 Å². The van der Waals surface area contributed by atoms with E-state index < -0.39 is 23.2 Å². The topological polar surface area (TPSA) is 84.9 Å². The van der Waals surface area contributed by atoms with Crippen LogP contribution in [-0.4, -0.2) is 23.7 Å². The first-order chi connectivity index (χ1) is 15.1. The first-order valence-corrected chi connectivity index (χ1v) is 10.4. The van der Waals surface area contributed by atoms with E-state index in [1.807, 2.05) is 36.4 Å². The maximum atomic E-state index is 12.5. The van der Waals surface area contributed by atoms with Crippen molar-refractivity contribution in [3.8, 4) is 5.75 Å². The molecule has 2 unspecified atom stereocenters. The fourth-order valence-electron chi connectivity index (χ4n) is 4.06. The number of carbonyl (C=O) groups excluding carboxylic acids is 2. The molecule has 2 N–H and O–H groups in total. The normalized spacial score (nSPS) is 19.6. The quantitative estimate of drug-likeness (QED) is 0.327. The molecule has 3 aromatic carbocycles. The maximum absolute atomic E-state index is 12.5. The SMILES string of the molecule is CCOC(=O)C1(Cc2ccc(OCc3ccc4ccccc4c3)cc2)CC1C(=O)NO. The van der Waals surface area contributed by atoms with Crippen LogP contribution < -0.4 is 10.2 Å². The largest absolute Gasteiger partial charge is 0.489 e. The van der Waals surface area contributed by atoms with Gasteiger partial charge in [0.1, 0.15) is 12.4 Å². The predicted molar refractivity (Wildman–Crippen MR) is 116 cm³/mol. The molecule has 0 bridgehead atoms. The van der Waals surface area contributed by atoms with E-state index in [2.05, 4.69) is 30.3 Å². The monoisotopic (exact) mass is 419 g/mol. The average Bonchev–Trinajstić information content (AvgIpc) is 3.53. The number of nitrogens with one attached hydrogen (secondary N) is 1. The molecule has 1 saturated carbocycles. The lowest BCUT2D eigenvalue weighted by Crippen LogP contribution is -2.30.